The Hall–Kier alpha value is -0.760. The number of aromatic nitrogens is 1. The summed E-state index contributed by atoms with van der Waals surface area (Å²) in [6.07, 6.45) is 0. The molecule has 0 fully saturated rings. The van der Waals surface area contributed by atoms with E-state index in [4.69, 9.17) is 0 Å². The van der Waals surface area contributed by atoms with Crippen LogP contribution in [0.4, 0.5) is 0 Å². The second kappa shape index (κ2) is 2.38. The topological polar surface area (TPSA) is 17.0 Å². The highest BCUT2D eigenvalue weighted by Crippen LogP contribution is 2.19. The van der Waals surface area contributed by atoms with E-state index in [0.717, 1.165) is 13.1 Å². The third kappa shape index (κ3) is 0.979. The predicted molar refractivity (Wildman–Crippen MR) is 45.6 cm³/mol. The van der Waals surface area contributed by atoms with Crippen molar-refractivity contribution in [3.05, 3.63) is 23.5 Å². The van der Waals surface area contributed by atoms with Crippen molar-refractivity contribution in [1.29, 1.82) is 0 Å². The van der Waals surface area contributed by atoms with Crippen LogP contribution < -0.4 is 5.32 Å². The average molecular weight is 150 g/mol. The summed E-state index contributed by atoms with van der Waals surface area (Å²) in [5.41, 5.74) is 2.81. The maximum Gasteiger partial charge on any atom is 0.0446 e. The summed E-state index contributed by atoms with van der Waals surface area (Å²) in [6.45, 7) is 6.61. The number of fused-ring (bicyclic) bond motifs is 1. The van der Waals surface area contributed by atoms with Gasteiger partial charge < -0.3 is 9.88 Å². The molecule has 2 nitrogen and oxygen atoms in total. The van der Waals surface area contributed by atoms with Crippen LogP contribution in [0.25, 0.3) is 0 Å². The van der Waals surface area contributed by atoms with E-state index in [1.165, 1.54) is 11.4 Å². The molecular formula is C9H14N2. The highest BCUT2D eigenvalue weighted by Gasteiger charge is 2.15. The first kappa shape index (κ1) is 6.92. The molecule has 2 rings (SSSR count). The van der Waals surface area contributed by atoms with Gasteiger partial charge in [-0.05, 0) is 26.0 Å². The summed E-state index contributed by atoms with van der Waals surface area (Å²) in [7, 11) is 0. The van der Waals surface area contributed by atoms with E-state index in [-0.39, 0.29) is 0 Å². The Bertz CT molecular complexity index is 263. The molecule has 0 aromatic carbocycles. The van der Waals surface area contributed by atoms with Gasteiger partial charge in [-0.25, -0.2) is 0 Å². The lowest BCUT2D eigenvalue weighted by Gasteiger charge is -2.24. The fourth-order valence-electron chi connectivity index (χ4n) is 1.77. The number of hydrogen-bond acceptors (Lipinski definition) is 1. The van der Waals surface area contributed by atoms with Crippen LogP contribution >= 0.6 is 0 Å². The van der Waals surface area contributed by atoms with Crippen LogP contribution in [0.2, 0.25) is 0 Å². The smallest absolute Gasteiger partial charge is 0.0446 e. The first-order valence-corrected chi connectivity index (χ1v) is 4.18. The van der Waals surface area contributed by atoms with E-state index in [9.17, 15) is 0 Å². The molecule has 1 aliphatic rings. The minimum absolute atomic E-state index is 0.525. The van der Waals surface area contributed by atoms with Crippen LogP contribution in [0.5, 0.6) is 0 Å². The minimum atomic E-state index is 0.525. The van der Waals surface area contributed by atoms with Gasteiger partial charge in [-0.2, -0.15) is 0 Å². The molecule has 0 bridgehead atoms. The monoisotopic (exact) mass is 150 g/mol. The standard InChI is InChI=1S/C9H14N2/c1-7-3-4-9-8(2)10-5-6-11(7)9/h3-4,8,10H,5-6H2,1-2H3/t8-/m1/s1. The van der Waals surface area contributed by atoms with Crippen molar-refractivity contribution >= 4 is 0 Å². The Morgan fingerprint density at radius 3 is 3.09 bits per heavy atom. The van der Waals surface area contributed by atoms with Gasteiger partial charge in [-0.1, -0.05) is 0 Å². The summed E-state index contributed by atoms with van der Waals surface area (Å²) < 4.78 is 2.39. The zero-order chi connectivity index (χ0) is 7.84. The van der Waals surface area contributed by atoms with Gasteiger partial charge in [0, 0.05) is 30.5 Å². The SMILES string of the molecule is Cc1ccc2n1CCN[C@@H]2C. The lowest BCUT2D eigenvalue weighted by molar-refractivity contribution is 0.443. The predicted octanol–water partition coefficient (Wildman–Crippen LogP) is 1.46. The fourth-order valence-corrected chi connectivity index (χ4v) is 1.77. The molecule has 0 amide bonds. The summed E-state index contributed by atoms with van der Waals surface area (Å²) in [6, 6.07) is 4.93. The summed E-state index contributed by atoms with van der Waals surface area (Å²) >= 11 is 0. The third-order valence-corrected chi connectivity index (χ3v) is 2.46. The molecule has 1 atom stereocenters. The van der Waals surface area contributed by atoms with Crippen LogP contribution in [-0.2, 0) is 6.54 Å². The first-order valence-electron chi connectivity index (χ1n) is 4.18. The van der Waals surface area contributed by atoms with E-state index in [2.05, 4.69) is 35.9 Å². The highest BCUT2D eigenvalue weighted by molar-refractivity contribution is 5.19. The Labute approximate surface area is 67.2 Å². The van der Waals surface area contributed by atoms with Gasteiger partial charge >= 0.3 is 0 Å². The maximum atomic E-state index is 3.43. The van der Waals surface area contributed by atoms with Crippen molar-refractivity contribution in [1.82, 2.24) is 9.88 Å². The van der Waals surface area contributed by atoms with Gasteiger partial charge in [0.15, 0.2) is 0 Å². The van der Waals surface area contributed by atoms with Crippen LogP contribution in [0, 0.1) is 6.92 Å². The summed E-state index contributed by atoms with van der Waals surface area (Å²) in [4.78, 5) is 0. The molecule has 0 unspecified atom stereocenters. The quantitative estimate of drug-likeness (QED) is 0.592. The average Bonchev–Trinajstić information content (AvgIpc) is 2.35. The molecule has 1 N–H and O–H groups in total. The number of aryl methyl sites for hydroxylation is 1. The summed E-state index contributed by atoms with van der Waals surface area (Å²) in [5.74, 6) is 0. The third-order valence-electron chi connectivity index (χ3n) is 2.46. The molecule has 2 heteroatoms. The lowest BCUT2D eigenvalue weighted by Crippen LogP contribution is -2.31. The molecule has 11 heavy (non-hydrogen) atoms. The molecule has 2 heterocycles. The molecule has 60 valence electrons. The zero-order valence-electron chi connectivity index (χ0n) is 7.09. The van der Waals surface area contributed by atoms with Crippen LogP contribution in [0.1, 0.15) is 24.4 Å². The zero-order valence-corrected chi connectivity index (χ0v) is 7.09. The van der Waals surface area contributed by atoms with Crippen molar-refractivity contribution < 1.29 is 0 Å². The fraction of sp³-hybridized carbons (Fsp3) is 0.556. The molecule has 0 saturated carbocycles. The van der Waals surface area contributed by atoms with Crippen LogP contribution in [0.15, 0.2) is 12.1 Å². The van der Waals surface area contributed by atoms with Crippen LogP contribution in [0.3, 0.4) is 0 Å². The second-order valence-electron chi connectivity index (χ2n) is 3.23. The van der Waals surface area contributed by atoms with Gasteiger partial charge in [-0.15, -0.1) is 0 Å². The number of rotatable bonds is 0. The first-order chi connectivity index (χ1) is 5.29. The Morgan fingerprint density at radius 2 is 2.36 bits per heavy atom. The minimum Gasteiger partial charge on any atom is -0.346 e. The maximum absolute atomic E-state index is 3.43. The highest BCUT2D eigenvalue weighted by atomic mass is 15.1. The van der Waals surface area contributed by atoms with Gasteiger partial charge in [0.1, 0.15) is 0 Å². The van der Waals surface area contributed by atoms with E-state index in [1.54, 1.807) is 0 Å². The summed E-state index contributed by atoms with van der Waals surface area (Å²) in [5, 5.41) is 3.43. The Morgan fingerprint density at radius 1 is 1.55 bits per heavy atom. The second-order valence-corrected chi connectivity index (χ2v) is 3.23. The van der Waals surface area contributed by atoms with E-state index in [0.29, 0.717) is 6.04 Å². The van der Waals surface area contributed by atoms with Crippen molar-refractivity contribution in [3.63, 3.8) is 0 Å². The molecule has 1 aromatic heterocycles. The molecule has 1 aromatic rings. The van der Waals surface area contributed by atoms with Crippen molar-refractivity contribution in [2.75, 3.05) is 6.54 Å². The molecule has 1 aliphatic heterocycles. The number of nitrogens with one attached hydrogen (secondary N) is 1. The van der Waals surface area contributed by atoms with Gasteiger partial charge in [0.25, 0.3) is 0 Å². The normalized spacial score (nSPS) is 23.3. The van der Waals surface area contributed by atoms with E-state index >= 15 is 0 Å². The van der Waals surface area contributed by atoms with Gasteiger partial charge in [-0.3, -0.25) is 0 Å². The van der Waals surface area contributed by atoms with Crippen molar-refractivity contribution in [2.45, 2.75) is 26.4 Å². The molecule has 0 saturated heterocycles. The number of nitrogens with zero attached hydrogens (tertiary/aromatic N) is 1. The van der Waals surface area contributed by atoms with Gasteiger partial charge in [0.2, 0.25) is 0 Å². The molecule has 0 radical (unpaired) electrons. The van der Waals surface area contributed by atoms with Crippen molar-refractivity contribution in [2.24, 2.45) is 0 Å². The Balaban J connectivity index is 2.46. The molecule has 0 aliphatic carbocycles. The van der Waals surface area contributed by atoms with E-state index in [1.807, 2.05) is 0 Å². The number of hydrogen-bond donors (Lipinski definition) is 1. The Kier molecular flexibility index (Phi) is 1.50. The molecular weight excluding hydrogens is 136 g/mol. The van der Waals surface area contributed by atoms with E-state index < -0.39 is 0 Å². The van der Waals surface area contributed by atoms with Gasteiger partial charge in [0.05, 0.1) is 0 Å². The lowest BCUT2D eigenvalue weighted by atomic mass is 10.2. The van der Waals surface area contributed by atoms with Crippen molar-refractivity contribution in [3.8, 4) is 0 Å². The molecule has 0 spiro atoms. The largest absolute Gasteiger partial charge is 0.346 e. The van der Waals surface area contributed by atoms with Crippen LogP contribution in [-0.4, -0.2) is 11.1 Å².